The molecule has 0 N–H and O–H groups in total. The zero-order valence-electron chi connectivity index (χ0n) is 56.8. The molecule has 0 spiro atoms. The van der Waals surface area contributed by atoms with E-state index in [2.05, 4.69) is 0 Å². The quantitative estimate of drug-likeness (QED) is 0.142. The normalized spacial score (nSPS) is 11.5. The Morgan fingerprint density at radius 2 is 0.265 bits per heavy atom. The van der Waals surface area contributed by atoms with Crippen LogP contribution in [0.3, 0.4) is 0 Å². The van der Waals surface area contributed by atoms with Gasteiger partial charge in [0.25, 0.3) is 0 Å². The van der Waals surface area contributed by atoms with Crippen molar-refractivity contribution >= 4 is 160 Å². The maximum absolute atomic E-state index is 14.0. The smallest absolute Gasteiger partial charge is 0.171 e. The molecule has 0 aliphatic rings. The van der Waals surface area contributed by atoms with Crippen LogP contribution >= 0.6 is 34.0 Å². The van der Waals surface area contributed by atoms with E-state index in [0.717, 1.165) is 32.3 Å². The van der Waals surface area contributed by atoms with Crippen molar-refractivity contribution in [3.63, 3.8) is 0 Å². The van der Waals surface area contributed by atoms with E-state index < -0.39 is 34.9 Å². The first-order chi connectivity index (χ1) is 48.6. The fraction of sp³-hybridized carbons (Fsp3) is 0.143. The average Bonchev–Trinajstić information content (AvgIpc) is 1.66. The Morgan fingerprint density at radius 1 is 0.157 bits per heavy atom. The first kappa shape index (κ1) is 70.3. The summed E-state index contributed by atoms with van der Waals surface area (Å²) in [6, 6.07) is 42.2. The number of hydrogen-bond acceptors (Lipinski definition) is 6. The van der Waals surface area contributed by atoms with Crippen LogP contribution in [0.15, 0.2) is 159 Å². The van der Waals surface area contributed by atoms with Gasteiger partial charge in [0.1, 0.15) is 34.9 Å². The van der Waals surface area contributed by atoms with Crippen molar-refractivity contribution < 1.29 is 65.9 Å². The number of hydrogen-bond donors (Lipinski definition) is 0. The van der Waals surface area contributed by atoms with Gasteiger partial charge in [0, 0.05) is 64.6 Å². The third kappa shape index (κ3) is 12.1. The summed E-state index contributed by atoms with van der Waals surface area (Å²) in [5, 5.41) is 8.47. The van der Waals surface area contributed by atoms with Crippen molar-refractivity contribution in [2.24, 2.45) is 0 Å². The van der Waals surface area contributed by atoms with Crippen LogP contribution in [-0.2, 0) is 0 Å². The molecular weight excluding hydrogens is 1380 g/mol. The number of fused-ring (bicyclic) bond motifs is 18. The van der Waals surface area contributed by atoms with Crippen LogP contribution in [-0.4, -0.2) is 0 Å². The summed E-state index contributed by atoms with van der Waals surface area (Å²) in [5.41, 5.74) is 7.33. The fourth-order valence-corrected chi connectivity index (χ4v) is 16.1. The summed E-state index contributed by atoms with van der Waals surface area (Å²) in [7, 11) is 0. The first-order valence-corrected chi connectivity index (χ1v) is 34.6. The molecule has 6 heterocycles. The van der Waals surface area contributed by atoms with E-state index in [-0.39, 0.29) is 68.4 Å². The van der Waals surface area contributed by atoms with E-state index in [1.807, 2.05) is 36.4 Å². The molecule has 12 aromatic carbocycles. The Kier molecular flexibility index (Phi) is 18.8. The Morgan fingerprint density at radius 3 is 0.392 bits per heavy atom. The van der Waals surface area contributed by atoms with Crippen molar-refractivity contribution in [1.29, 1.82) is 0 Å². The molecule has 0 aliphatic carbocycles. The van der Waals surface area contributed by atoms with Crippen molar-refractivity contribution in [3.05, 3.63) is 282 Å². The second-order valence-corrected chi connectivity index (χ2v) is 28.6. The van der Waals surface area contributed by atoms with Crippen molar-refractivity contribution in [2.75, 3.05) is 0 Å². The van der Waals surface area contributed by atoms with Gasteiger partial charge < -0.3 is 13.3 Å². The number of halogens is 12. The SMILES string of the molecule is Cc1ccc2c(oc3c(F)c(C)ccc32)c1F.Cc1ccc2c(oc3c(F)c(C)ccc32)c1F.Cc1ccc2c(oc3c(F)c(C)ccc32)c1F.Cc1ccc2c(sc3c(F)c(C)ccc32)c1F.Cc1ccc2c(sc3c(F)c(C)ccc32)c1F.Cc1ccc2c(sc3c(F)c(C)ccc32)c1F. The minimum atomic E-state index is -0.421. The zero-order valence-corrected chi connectivity index (χ0v) is 59.3. The zero-order chi connectivity index (χ0) is 72.9. The van der Waals surface area contributed by atoms with E-state index in [1.54, 1.807) is 192 Å². The third-order valence-electron chi connectivity index (χ3n) is 18.4. The number of furan rings is 3. The molecule has 6 aromatic heterocycles. The van der Waals surface area contributed by atoms with E-state index in [9.17, 15) is 52.7 Å². The van der Waals surface area contributed by atoms with Crippen LogP contribution in [0.4, 0.5) is 52.7 Å². The average molecular weight is 1440 g/mol. The van der Waals surface area contributed by atoms with Gasteiger partial charge in [-0.15, -0.1) is 34.0 Å². The van der Waals surface area contributed by atoms with E-state index >= 15 is 0 Å². The number of thiophene rings is 3. The van der Waals surface area contributed by atoms with Gasteiger partial charge in [-0.3, -0.25) is 0 Å². The van der Waals surface area contributed by atoms with E-state index in [1.165, 1.54) is 34.0 Å². The van der Waals surface area contributed by atoms with Crippen LogP contribution in [0.2, 0.25) is 0 Å². The minimum Gasteiger partial charge on any atom is -0.450 e. The molecule has 0 aliphatic heterocycles. The summed E-state index contributed by atoms with van der Waals surface area (Å²) in [5.74, 6) is -3.94. The standard InChI is InChI=1S/3C14H10F2O.3C14H10F2S/c6*1-7-3-5-9-10-6-4-8(2)12(16)14(10)17-13(9)11(7)15/h6*3-6H,1-2H3. The molecule has 0 unspecified atom stereocenters. The molecule has 0 saturated heterocycles. The third-order valence-corrected chi connectivity index (χ3v) is 22.1. The lowest BCUT2D eigenvalue weighted by molar-refractivity contribution is 0.551. The Balaban J connectivity index is 0.000000109. The lowest BCUT2D eigenvalue weighted by Crippen LogP contribution is -1.81. The summed E-state index contributed by atoms with van der Waals surface area (Å²) in [6.07, 6.45) is 0. The topological polar surface area (TPSA) is 39.4 Å². The highest BCUT2D eigenvalue weighted by atomic mass is 32.1. The molecule has 102 heavy (non-hydrogen) atoms. The number of aryl methyl sites for hydroxylation is 12. The lowest BCUT2D eigenvalue weighted by atomic mass is 10.1. The van der Waals surface area contributed by atoms with E-state index in [0.29, 0.717) is 127 Å². The van der Waals surface area contributed by atoms with Crippen LogP contribution in [0.1, 0.15) is 66.8 Å². The fourth-order valence-electron chi connectivity index (χ4n) is 12.2. The number of benzene rings is 12. The molecule has 0 bridgehead atoms. The molecule has 18 aromatic rings. The van der Waals surface area contributed by atoms with Crippen molar-refractivity contribution in [1.82, 2.24) is 0 Å². The molecule has 0 fully saturated rings. The van der Waals surface area contributed by atoms with Gasteiger partial charge in [0.15, 0.2) is 68.4 Å². The highest BCUT2D eigenvalue weighted by molar-refractivity contribution is 7.26. The molecule has 18 rings (SSSR count). The summed E-state index contributed by atoms with van der Waals surface area (Å²) >= 11 is 3.58. The predicted molar refractivity (Wildman–Crippen MR) is 395 cm³/mol. The second-order valence-electron chi connectivity index (χ2n) is 25.5. The van der Waals surface area contributed by atoms with Crippen LogP contribution in [0.25, 0.3) is 126 Å². The maximum Gasteiger partial charge on any atom is 0.171 e. The maximum atomic E-state index is 14.0. The van der Waals surface area contributed by atoms with Gasteiger partial charge in [-0.2, -0.15) is 0 Å². The second kappa shape index (κ2) is 27.3. The van der Waals surface area contributed by atoms with Gasteiger partial charge in [0.2, 0.25) is 0 Å². The Labute approximate surface area is 588 Å². The van der Waals surface area contributed by atoms with Crippen molar-refractivity contribution in [2.45, 2.75) is 83.1 Å². The molecule has 0 radical (unpaired) electrons. The predicted octanol–water partition coefficient (Wildman–Crippen LogP) is 28.3. The number of rotatable bonds is 0. The largest absolute Gasteiger partial charge is 0.450 e. The molecule has 516 valence electrons. The highest BCUT2D eigenvalue weighted by Crippen LogP contribution is 2.43. The lowest BCUT2D eigenvalue weighted by Gasteiger charge is -1.97. The summed E-state index contributed by atoms with van der Waals surface area (Å²) in [4.78, 5) is 0. The van der Waals surface area contributed by atoms with E-state index in [4.69, 9.17) is 13.3 Å². The summed E-state index contributed by atoms with van der Waals surface area (Å²) < 4.78 is 186. The highest BCUT2D eigenvalue weighted by Gasteiger charge is 2.22. The van der Waals surface area contributed by atoms with Crippen molar-refractivity contribution in [3.8, 4) is 0 Å². The Hall–Kier alpha value is -10.1. The van der Waals surface area contributed by atoms with Gasteiger partial charge in [-0.25, -0.2) is 52.7 Å². The van der Waals surface area contributed by atoms with Crippen LogP contribution in [0, 0.1) is 153 Å². The molecule has 0 atom stereocenters. The molecule has 3 nitrogen and oxygen atoms in total. The molecule has 0 saturated carbocycles. The first-order valence-electron chi connectivity index (χ1n) is 32.1. The van der Waals surface area contributed by atoms with Gasteiger partial charge in [0.05, 0.1) is 28.2 Å². The monoisotopic (exact) mass is 1440 g/mol. The van der Waals surface area contributed by atoms with Crippen LogP contribution in [0.5, 0.6) is 0 Å². The van der Waals surface area contributed by atoms with Gasteiger partial charge in [-0.05, 0) is 150 Å². The Bertz CT molecular complexity index is 5080. The minimum absolute atomic E-state index is 0.129. The summed E-state index contributed by atoms with van der Waals surface area (Å²) in [6.45, 7) is 20.3. The molecular formula is C84H60F12O3S3. The van der Waals surface area contributed by atoms with Gasteiger partial charge >= 0.3 is 0 Å². The van der Waals surface area contributed by atoms with Crippen LogP contribution < -0.4 is 0 Å². The molecule has 18 heteroatoms. The van der Waals surface area contributed by atoms with Gasteiger partial charge in [-0.1, -0.05) is 146 Å². The molecule has 0 amide bonds.